The molecule has 1 aliphatic rings. The van der Waals surface area contributed by atoms with Gasteiger partial charge in [-0.25, -0.2) is 0 Å². The van der Waals surface area contributed by atoms with Crippen molar-refractivity contribution in [2.45, 2.75) is 45.4 Å². The number of hydrogen-bond donors (Lipinski definition) is 0. The van der Waals surface area contributed by atoms with Gasteiger partial charge in [0.05, 0.1) is 6.61 Å². The Morgan fingerprint density at radius 3 is 2.09 bits per heavy atom. The van der Waals surface area contributed by atoms with Crippen molar-refractivity contribution in [3.05, 3.63) is 0 Å². The Labute approximate surface area is 128 Å². The van der Waals surface area contributed by atoms with Crippen LogP contribution in [0.25, 0.3) is 0 Å². The quantitative estimate of drug-likeness (QED) is 0.390. The number of ether oxygens (including phenoxy) is 5. The fourth-order valence-electron chi connectivity index (χ4n) is 1.98. The fourth-order valence-corrected chi connectivity index (χ4v) is 1.98. The number of carbonyl (C=O) groups is 3. The van der Waals surface area contributed by atoms with Crippen LogP contribution in [0.15, 0.2) is 0 Å². The maximum absolute atomic E-state index is 11.3. The Morgan fingerprint density at radius 2 is 1.59 bits per heavy atom. The normalized spacial score (nSPS) is 27.4. The Balaban J connectivity index is 2.98. The van der Waals surface area contributed by atoms with Gasteiger partial charge < -0.3 is 23.7 Å². The zero-order chi connectivity index (χ0) is 16.7. The van der Waals surface area contributed by atoms with Gasteiger partial charge in [0.2, 0.25) is 0 Å². The summed E-state index contributed by atoms with van der Waals surface area (Å²) in [5.41, 5.74) is 0. The molecule has 0 saturated carbocycles. The molecule has 22 heavy (non-hydrogen) atoms. The van der Waals surface area contributed by atoms with Crippen LogP contribution in [-0.2, 0) is 38.1 Å². The topological polar surface area (TPSA) is 97.4 Å². The summed E-state index contributed by atoms with van der Waals surface area (Å²) in [6.07, 6.45) is 0.999. The first kappa shape index (κ1) is 17.9. The first-order chi connectivity index (χ1) is 10.3. The van der Waals surface area contributed by atoms with Gasteiger partial charge in [0, 0.05) is 20.8 Å². The summed E-state index contributed by atoms with van der Waals surface area (Å²) in [5.74, 6) is 0.401. The SMILES string of the molecule is C#CCO[C@@H]1OC[C@@H](OC(C)=O)C(OC(C)=O)C1OC(C)=O. The second-order valence-corrected chi connectivity index (χ2v) is 4.51. The van der Waals surface area contributed by atoms with E-state index in [2.05, 4.69) is 5.92 Å². The van der Waals surface area contributed by atoms with Crippen LogP contribution in [0.5, 0.6) is 0 Å². The molecule has 1 heterocycles. The number of esters is 3. The molecule has 4 atom stereocenters. The monoisotopic (exact) mass is 314 g/mol. The van der Waals surface area contributed by atoms with Crippen LogP contribution in [0.3, 0.4) is 0 Å². The van der Waals surface area contributed by atoms with Gasteiger partial charge in [0.25, 0.3) is 0 Å². The molecule has 0 aromatic carbocycles. The molecular formula is C14H18O8. The predicted molar refractivity (Wildman–Crippen MR) is 71.2 cm³/mol. The van der Waals surface area contributed by atoms with Crippen molar-refractivity contribution >= 4 is 17.9 Å². The molecule has 1 fully saturated rings. The lowest BCUT2D eigenvalue weighted by Gasteiger charge is -2.39. The molecule has 0 bridgehead atoms. The van der Waals surface area contributed by atoms with E-state index >= 15 is 0 Å². The van der Waals surface area contributed by atoms with Gasteiger partial charge in [0.15, 0.2) is 24.6 Å². The minimum Gasteiger partial charge on any atom is -0.456 e. The maximum Gasteiger partial charge on any atom is 0.303 e. The number of terminal acetylenes is 1. The highest BCUT2D eigenvalue weighted by Crippen LogP contribution is 2.25. The molecule has 1 rings (SSSR count). The second kappa shape index (κ2) is 8.36. The molecule has 1 saturated heterocycles. The molecule has 0 spiro atoms. The molecule has 0 N–H and O–H groups in total. The zero-order valence-electron chi connectivity index (χ0n) is 12.6. The summed E-state index contributed by atoms with van der Waals surface area (Å²) in [6.45, 7) is 3.38. The predicted octanol–water partition coefficient (Wildman–Crippen LogP) is -0.212. The van der Waals surface area contributed by atoms with E-state index in [9.17, 15) is 14.4 Å². The van der Waals surface area contributed by atoms with Gasteiger partial charge in [-0.1, -0.05) is 5.92 Å². The van der Waals surface area contributed by atoms with E-state index in [1.165, 1.54) is 20.8 Å². The zero-order valence-corrected chi connectivity index (χ0v) is 12.6. The van der Waals surface area contributed by atoms with E-state index < -0.39 is 42.5 Å². The maximum atomic E-state index is 11.3. The first-order valence-corrected chi connectivity index (χ1v) is 6.53. The lowest BCUT2D eigenvalue weighted by Crippen LogP contribution is -2.58. The van der Waals surface area contributed by atoms with E-state index in [4.69, 9.17) is 30.1 Å². The molecular weight excluding hydrogens is 296 g/mol. The third-order valence-electron chi connectivity index (χ3n) is 2.64. The highest BCUT2D eigenvalue weighted by molar-refractivity contribution is 5.68. The number of carbonyl (C=O) groups excluding carboxylic acids is 3. The van der Waals surface area contributed by atoms with Gasteiger partial charge in [-0.05, 0) is 0 Å². The van der Waals surface area contributed by atoms with Crippen LogP contribution in [0, 0.1) is 12.3 Å². The number of hydrogen-bond acceptors (Lipinski definition) is 8. The van der Waals surface area contributed by atoms with Crippen LogP contribution in [-0.4, -0.2) is 55.7 Å². The summed E-state index contributed by atoms with van der Waals surface area (Å²) in [5, 5.41) is 0. The minimum atomic E-state index is -1.10. The molecule has 8 heteroatoms. The Bertz CT molecular complexity index is 466. The van der Waals surface area contributed by atoms with Crippen molar-refractivity contribution in [2.24, 2.45) is 0 Å². The van der Waals surface area contributed by atoms with Gasteiger partial charge in [0.1, 0.15) is 6.61 Å². The van der Waals surface area contributed by atoms with Crippen LogP contribution in [0.4, 0.5) is 0 Å². The van der Waals surface area contributed by atoms with Gasteiger partial charge in [-0.3, -0.25) is 14.4 Å². The molecule has 0 radical (unpaired) electrons. The third kappa shape index (κ3) is 5.35. The van der Waals surface area contributed by atoms with E-state index in [1.54, 1.807) is 0 Å². The Morgan fingerprint density at radius 1 is 1.05 bits per heavy atom. The lowest BCUT2D eigenvalue weighted by atomic mass is 10.0. The van der Waals surface area contributed by atoms with Crippen molar-refractivity contribution in [2.75, 3.05) is 13.2 Å². The molecule has 2 unspecified atom stereocenters. The smallest absolute Gasteiger partial charge is 0.303 e. The van der Waals surface area contributed by atoms with Gasteiger partial charge >= 0.3 is 17.9 Å². The van der Waals surface area contributed by atoms with Crippen molar-refractivity contribution in [3.63, 3.8) is 0 Å². The van der Waals surface area contributed by atoms with Crippen molar-refractivity contribution in [1.82, 2.24) is 0 Å². The van der Waals surface area contributed by atoms with Gasteiger partial charge in [-0.2, -0.15) is 0 Å². The van der Waals surface area contributed by atoms with E-state index in [-0.39, 0.29) is 13.2 Å². The van der Waals surface area contributed by atoms with Crippen molar-refractivity contribution < 1.29 is 38.1 Å². The van der Waals surface area contributed by atoms with Crippen LogP contribution < -0.4 is 0 Å². The minimum absolute atomic E-state index is 0.0898. The van der Waals surface area contributed by atoms with E-state index in [1.807, 2.05) is 0 Å². The Hall–Kier alpha value is -2.11. The Kier molecular flexibility index (Phi) is 6.82. The third-order valence-corrected chi connectivity index (χ3v) is 2.64. The summed E-state index contributed by atoms with van der Waals surface area (Å²) in [7, 11) is 0. The average molecular weight is 314 g/mol. The highest BCUT2D eigenvalue weighted by atomic mass is 16.7. The molecule has 0 aromatic heterocycles. The average Bonchev–Trinajstić information content (AvgIpc) is 2.40. The molecule has 0 aliphatic carbocycles. The van der Waals surface area contributed by atoms with Crippen LogP contribution in [0.2, 0.25) is 0 Å². The molecule has 1 aliphatic heterocycles. The molecule has 8 nitrogen and oxygen atoms in total. The summed E-state index contributed by atoms with van der Waals surface area (Å²) in [6, 6.07) is 0. The highest BCUT2D eigenvalue weighted by Gasteiger charge is 2.47. The van der Waals surface area contributed by atoms with Crippen molar-refractivity contribution in [3.8, 4) is 12.3 Å². The lowest BCUT2D eigenvalue weighted by molar-refractivity contribution is -0.277. The largest absolute Gasteiger partial charge is 0.456 e. The van der Waals surface area contributed by atoms with Crippen LogP contribution >= 0.6 is 0 Å². The fraction of sp³-hybridized carbons (Fsp3) is 0.643. The summed E-state index contributed by atoms with van der Waals surface area (Å²) >= 11 is 0. The van der Waals surface area contributed by atoms with Crippen molar-refractivity contribution in [1.29, 1.82) is 0 Å². The van der Waals surface area contributed by atoms with E-state index in [0.29, 0.717) is 0 Å². The van der Waals surface area contributed by atoms with E-state index in [0.717, 1.165) is 0 Å². The molecule has 122 valence electrons. The summed E-state index contributed by atoms with van der Waals surface area (Å²) in [4.78, 5) is 33.7. The molecule has 0 aromatic rings. The van der Waals surface area contributed by atoms with Gasteiger partial charge in [-0.15, -0.1) is 6.42 Å². The number of rotatable bonds is 5. The summed E-state index contributed by atoms with van der Waals surface area (Å²) < 4.78 is 25.9. The molecule has 0 amide bonds. The first-order valence-electron chi connectivity index (χ1n) is 6.53. The standard InChI is InChI=1S/C14H18O8/c1-5-6-18-14-13(22-10(4)17)12(21-9(3)16)11(7-19-14)20-8(2)15/h1,11-14H,6-7H2,2-4H3/t11-,12?,13?,14-/m1/s1. The van der Waals surface area contributed by atoms with Crippen LogP contribution in [0.1, 0.15) is 20.8 Å². The second-order valence-electron chi connectivity index (χ2n) is 4.51.